The number of hydrogen-bond acceptors (Lipinski definition) is 5. The molecule has 1 aromatic carbocycles. The van der Waals surface area contributed by atoms with E-state index in [2.05, 4.69) is 20.9 Å². The second-order valence-electron chi connectivity index (χ2n) is 5.79. The molecule has 0 radical (unpaired) electrons. The van der Waals surface area contributed by atoms with E-state index in [4.69, 9.17) is 0 Å². The molecule has 1 aromatic heterocycles. The van der Waals surface area contributed by atoms with E-state index < -0.39 is 6.04 Å². The van der Waals surface area contributed by atoms with Crippen LogP contribution in [-0.2, 0) is 16.1 Å². The summed E-state index contributed by atoms with van der Waals surface area (Å²) in [5.74, 6) is -0.428. The third kappa shape index (κ3) is 3.58. The Balaban J connectivity index is 1.63. The standard InChI is InChI=1S/C16H19N5O3/c22-14(18-13-7-3-4-9-17-15(13)23)8-10-21-16(24)11-5-1-2-6-12(11)19-20-21/h1-2,5-6,13H,3-4,7-10H2,(H,17,23)(H,18,22)/t13-/m0/s1. The number of rotatable bonds is 4. The monoisotopic (exact) mass is 329 g/mol. The van der Waals surface area contributed by atoms with Crippen LogP contribution in [0.5, 0.6) is 0 Å². The van der Waals surface area contributed by atoms with Gasteiger partial charge in [0, 0.05) is 13.0 Å². The van der Waals surface area contributed by atoms with Crippen molar-refractivity contribution in [2.75, 3.05) is 6.54 Å². The highest BCUT2D eigenvalue weighted by molar-refractivity contribution is 5.87. The number of benzene rings is 1. The topological polar surface area (TPSA) is 106 Å². The van der Waals surface area contributed by atoms with E-state index in [0.29, 0.717) is 23.9 Å². The number of aromatic nitrogens is 3. The Hall–Kier alpha value is -2.77. The van der Waals surface area contributed by atoms with E-state index in [1.807, 2.05) is 0 Å². The van der Waals surface area contributed by atoms with E-state index in [-0.39, 0.29) is 30.3 Å². The lowest BCUT2D eigenvalue weighted by Gasteiger charge is -2.15. The number of amides is 2. The lowest BCUT2D eigenvalue weighted by molar-refractivity contribution is -0.129. The average Bonchev–Trinajstić information content (AvgIpc) is 2.79. The molecule has 0 saturated carbocycles. The fourth-order valence-corrected chi connectivity index (χ4v) is 2.72. The summed E-state index contributed by atoms with van der Waals surface area (Å²) >= 11 is 0. The number of fused-ring (bicyclic) bond motifs is 1. The van der Waals surface area contributed by atoms with Gasteiger partial charge in [-0.15, -0.1) is 5.10 Å². The van der Waals surface area contributed by atoms with Crippen LogP contribution in [0.3, 0.4) is 0 Å². The molecule has 1 atom stereocenters. The first-order valence-electron chi connectivity index (χ1n) is 8.05. The minimum atomic E-state index is -0.501. The van der Waals surface area contributed by atoms with Crippen molar-refractivity contribution >= 4 is 22.7 Å². The zero-order valence-electron chi connectivity index (χ0n) is 13.2. The average molecular weight is 329 g/mol. The van der Waals surface area contributed by atoms with Crippen LogP contribution >= 0.6 is 0 Å². The van der Waals surface area contributed by atoms with Crippen molar-refractivity contribution in [1.82, 2.24) is 25.6 Å². The molecule has 2 amide bonds. The summed E-state index contributed by atoms with van der Waals surface area (Å²) in [5, 5.41) is 13.8. The molecule has 1 saturated heterocycles. The minimum Gasteiger partial charge on any atom is -0.354 e. The van der Waals surface area contributed by atoms with Crippen LogP contribution < -0.4 is 16.2 Å². The molecule has 24 heavy (non-hydrogen) atoms. The minimum absolute atomic E-state index is 0.0662. The highest BCUT2D eigenvalue weighted by atomic mass is 16.2. The van der Waals surface area contributed by atoms with Gasteiger partial charge in [-0.05, 0) is 31.4 Å². The van der Waals surface area contributed by atoms with Gasteiger partial charge >= 0.3 is 0 Å². The van der Waals surface area contributed by atoms with E-state index >= 15 is 0 Å². The summed E-state index contributed by atoms with van der Waals surface area (Å²) in [5.41, 5.74) is 0.249. The normalized spacial score (nSPS) is 18.0. The van der Waals surface area contributed by atoms with Crippen molar-refractivity contribution in [2.24, 2.45) is 0 Å². The predicted octanol–water partition coefficient (Wildman–Crippen LogP) is -0.0335. The first kappa shape index (κ1) is 16.1. The first-order chi connectivity index (χ1) is 11.6. The van der Waals surface area contributed by atoms with Crippen molar-refractivity contribution in [3.05, 3.63) is 34.6 Å². The fraction of sp³-hybridized carbons (Fsp3) is 0.438. The van der Waals surface area contributed by atoms with Crippen molar-refractivity contribution in [2.45, 2.75) is 38.3 Å². The molecule has 2 N–H and O–H groups in total. The van der Waals surface area contributed by atoms with Crippen molar-refractivity contribution in [1.29, 1.82) is 0 Å². The SMILES string of the molecule is O=C(CCn1nnc2ccccc2c1=O)N[C@H]1CCCCNC1=O. The second kappa shape index (κ2) is 7.20. The van der Waals surface area contributed by atoms with Crippen LogP contribution in [0.4, 0.5) is 0 Å². The van der Waals surface area contributed by atoms with Gasteiger partial charge in [-0.3, -0.25) is 14.4 Å². The molecule has 126 valence electrons. The molecule has 2 heterocycles. The van der Waals surface area contributed by atoms with Gasteiger partial charge in [0.25, 0.3) is 5.56 Å². The first-order valence-corrected chi connectivity index (χ1v) is 8.05. The third-order valence-corrected chi connectivity index (χ3v) is 4.05. The lowest BCUT2D eigenvalue weighted by atomic mass is 10.1. The summed E-state index contributed by atoms with van der Waals surface area (Å²) in [6.45, 7) is 0.768. The Morgan fingerprint density at radius 2 is 2.12 bits per heavy atom. The van der Waals surface area contributed by atoms with Crippen LogP contribution in [0.25, 0.3) is 10.9 Å². The van der Waals surface area contributed by atoms with Crippen LogP contribution in [0.2, 0.25) is 0 Å². The molecule has 3 rings (SSSR count). The van der Waals surface area contributed by atoms with E-state index in [9.17, 15) is 14.4 Å². The molecule has 0 bridgehead atoms. The van der Waals surface area contributed by atoms with Crippen LogP contribution in [-0.4, -0.2) is 39.4 Å². The summed E-state index contributed by atoms with van der Waals surface area (Å²) in [6, 6.07) is 6.43. The van der Waals surface area contributed by atoms with Crippen LogP contribution in [0.1, 0.15) is 25.7 Å². The number of hydrogen-bond donors (Lipinski definition) is 2. The predicted molar refractivity (Wildman–Crippen MR) is 87.2 cm³/mol. The third-order valence-electron chi connectivity index (χ3n) is 4.05. The Kier molecular flexibility index (Phi) is 4.83. The maximum Gasteiger partial charge on any atom is 0.277 e. The highest BCUT2D eigenvalue weighted by Gasteiger charge is 2.22. The summed E-state index contributed by atoms with van der Waals surface area (Å²) in [6.07, 6.45) is 2.50. The Morgan fingerprint density at radius 3 is 3.00 bits per heavy atom. The van der Waals surface area contributed by atoms with Gasteiger partial charge in [-0.1, -0.05) is 17.3 Å². The fourth-order valence-electron chi connectivity index (χ4n) is 2.72. The van der Waals surface area contributed by atoms with Crippen LogP contribution in [0, 0.1) is 0 Å². The number of carbonyl (C=O) groups excluding carboxylic acids is 2. The number of carbonyl (C=O) groups is 2. The van der Waals surface area contributed by atoms with Gasteiger partial charge in [0.2, 0.25) is 11.8 Å². The van der Waals surface area contributed by atoms with Gasteiger partial charge in [0.05, 0.1) is 11.9 Å². The molecular weight excluding hydrogens is 310 g/mol. The van der Waals surface area contributed by atoms with Gasteiger partial charge in [0.1, 0.15) is 11.6 Å². The number of nitrogens with one attached hydrogen (secondary N) is 2. The maximum atomic E-state index is 12.3. The molecule has 1 fully saturated rings. The molecule has 8 nitrogen and oxygen atoms in total. The van der Waals surface area contributed by atoms with Crippen molar-refractivity contribution in [3.63, 3.8) is 0 Å². The molecule has 0 unspecified atom stereocenters. The van der Waals surface area contributed by atoms with E-state index in [1.165, 1.54) is 4.68 Å². The molecular formula is C16H19N5O3. The molecule has 2 aromatic rings. The molecule has 0 aliphatic carbocycles. The number of aryl methyl sites for hydroxylation is 1. The van der Waals surface area contributed by atoms with Gasteiger partial charge < -0.3 is 10.6 Å². The van der Waals surface area contributed by atoms with E-state index in [0.717, 1.165) is 12.8 Å². The zero-order valence-corrected chi connectivity index (χ0v) is 13.2. The van der Waals surface area contributed by atoms with Crippen molar-refractivity contribution in [3.8, 4) is 0 Å². The van der Waals surface area contributed by atoms with Gasteiger partial charge in [-0.25, -0.2) is 4.68 Å². The number of nitrogens with zero attached hydrogens (tertiary/aromatic N) is 3. The Bertz CT molecular complexity index is 817. The summed E-state index contributed by atoms with van der Waals surface area (Å²) in [4.78, 5) is 36.2. The maximum absolute atomic E-state index is 12.3. The quantitative estimate of drug-likeness (QED) is 0.819. The highest BCUT2D eigenvalue weighted by Crippen LogP contribution is 2.06. The van der Waals surface area contributed by atoms with Crippen LogP contribution in [0.15, 0.2) is 29.1 Å². The Labute approximate surface area is 138 Å². The zero-order chi connectivity index (χ0) is 16.9. The summed E-state index contributed by atoms with van der Waals surface area (Å²) in [7, 11) is 0. The largest absolute Gasteiger partial charge is 0.354 e. The van der Waals surface area contributed by atoms with Gasteiger partial charge in [-0.2, -0.15) is 0 Å². The summed E-state index contributed by atoms with van der Waals surface area (Å²) < 4.78 is 1.18. The smallest absolute Gasteiger partial charge is 0.277 e. The molecule has 0 spiro atoms. The molecule has 8 heteroatoms. The molecule has 1 aliphatic heterocycles. The van der Waals surface area contributed by atoms with E-state index in [1.54, 1.807) is 24.3 Å². The molecule has 1 aliphatic rings. The second-order valence-corrected chi connectivity index (χ2v) is 5.79. The van der Waals surface area contributed by atoms with Crippen molar-refractivity contribution < 1.29 is 9.59 Å². The lowest BCUT2D eigenvalue weighted by Crippen LogP contribution is -2.45. The Morgan fingerprint density at radius 1 is 1.29 bits per heavy atom. The van der Waals surface area contributed by atoms with Gasteiger partial charge in [0.15, 0.2) is 0 Å².